The molecule has 0 aliphatic carbocycles. The van der Waals surface area contributed by atoms with Crippen LogP contribution in [0.15, 0.2) is 30.8 Å². The molecule has 0 aromatic heterocycles. The van der Waals surface area contributed by atoms with Crippen molar-refractivity contribution in [3.05, 3.63) is 42.2 Å². The molecule has 0 unspecified atom stereocenters. The van der Waals surface area contributed by atoms with Gasteiger partial charge in [-0.25, -0.2) is 4.39 Å². The lowest BCUT2D eigenvalue weighted by Crippen LogP contribution is -1.78. The minimum Gasteiger partial charge on any atom is -0.290 e. The number of benzene rings is 1. The van der Waals surface area contributed by atoms with Crippen molar-refractivity contribution in [2.24, 2.45) is 0 Å². The molecule has 0 saturated heterocycles. The van der Waals surface area contributed by atoms with Gasteiger partial charge in [-0.2, -0.15) is 0 Å². The average Bonchev–Trinajstić information content (AvgIpc) is 1.88. The molecule has 0 spiro atoms. The zero-order valence-corrected chi connectivity index (χ0v) is 5.30. The number of hydrogen-bond donors (Lipinski definition) is 0. The third kappa shape index (κ3) is 1.35. The fourth-order valence-corrected chi connectivity index (χ4v) is 0.636. The Morgan fingerprint density at radius 3 is 2.20 bits per heavy atom. The third-order valence-electron chi connectivity index (χ3n) is 1.17. The van der Waals surface area contributed by atoms with Gasteiger partial charge in [-0.05, 0) is 24.3 Å². The summed E-state index contributed by atoms with van der Waals surface area (Å²) in [6.45, 7) is 3.18. The van der Waals surface area contributed by atoms with Crippen LogP contribution in [0.2, 0.25) is 0 Å². The smallest absolute Gasteiger partial charge is 0.178 e. The van der Waals surface area contributed by atoms with Crippen molar-refractivity contribution in [2.45, 2.75) is 0 Å². The molecule has 0 N–H and O–H groups in total. The van der Waals surface area contributed by atoms with Gasteiger partial charge in [-0.3, -0.25) is 5.11 Å². The second-order valence-electron chi connectivity index (χ2n) is 1.93. The highest BCUT2D eigenvalue weighted by molar-refractivity contribution is 5.54. The zero-order valence-electron chi connectivity index (χ0n) is 5.30. The maximum absolute atomic E-state index is 12.2. The van der Waals surface area contributed by atoms with Crippen molar-refractivity contribution in [3.8, 4) is 0 Å². The number of hydrogen-bond acceptors (Lipinski definition) is 0. The molecule has 2 heteroatoms. The highest BCUT2D eigenvalue weighted by Gasteiger charge is 1.96. The summed E-state index contributed by atoms with van der Waals surface area (Å²) in [5, 5.41) is 10.5. The van der Waals surface area contributed by atoms with E-state index in [4.69, 9.17) is 0 Å². The molecule has 0 aliphatic heterocycles. The monoisotopic (exact) mass is 137 g/mol. The van der Waals surface area contributed by atoms with E-state index in [2.05, 4.69) is 6.58 Å². The second kappa shape index (κ2) is 2.52. The Balaban J connectivity index is 3.00. The van der Waals surface area contributed by atoms with Crippen molar-refractivity contribution in [1.82, 2.24) is 0 Å². The van der Waals surface area contributed by atoms with Crippen LogP contribution in [0.3, 0.4) is 0 Å². The largest absolute Gasteiger partial charge is 0.290 e. The second-order valence-corrected chi connectivity index (χ2v) is 1.93. The van der Waals surface area contributed by atoms with Crippen LogP contribution < -0.4 is 0 Å². The van der Waals surface area contributed by atoms with Gasteiger partial charge in [-0.1, -0.05) is 6.58 Å². The van der Waals surface area contributed by atoms with E-state index < -0.39 is 0 Å². The summed E-state index contributed by atoms with van der Waals surface area (Å²) in [6, 6.07) is 5.28. The predicted octanol–water partition coefficient (Wildman–Crippen LogP) is 2.23. The van der Waals surface area contributed by atoms with Crippen LogP contribution in [0.4, 0.5) is 4.39 Å². The summed E-state index contributed by atoms with van der Waals surface area (Å²) < 4.78 is 12.2. The van der Waals surface area contributed by atoms with Gasteiger partial charge in [0.1, 0.15) is 5.82 Å². The first-order valence-corrected chi connectivity index (χ1v) is 2.82. The molecule has 1 aromatic carbocycles. The van der Waals surface area contributed by atoms with Gasteiger partial charge in [0.15, 0.2) is 5.76 Å². The molecule has 0 saturated carbocycles. The molecule has 1 radical (unpaired) electrons. The highest BCUT2D eigenvalue weighted by Crippen LogP contribution is 2.09. The summed E-state index contributed by atoms with van der Waals surface area (Å²) in [5.74, 6) is -0.634. The van der Waals surface area contributed by atoms with Crippen LogP contribution in [0.1, 0.15) is 5.56 Å². The molecule has 0 amide bonds. The molecule has 1 aromatic rings. The Morgan fingerprint density at radius 1 is 1.30 bits per heavy atom. The Kier molecular flexibility index (Phi) is 1.71. The lowest BCUT2D eigenvalue weighted by molar-refractivity contribution is 0.390. The van der Waals surface area contributed by atoms with Crippen molar-refractivity contribution in [3.63, 3.8) is 0 Å². The Labute approximate surface area is 58.4 Å². The summed E-state index contributed by atoms with van der Waals surface area (Å²) in [7, 11) is 0. The fourth-order valence-electron chi connectivity index (χ4n) is 0.636. The molecular weight excluding hydrogens is 131 g/mol. The molecule has 10 heavy (non-hydrogen) atoms. The first-order chi connectivity index (χ1) is 4.70. The molecule has 1 rings (SSSR count). The van der Waals surface area contributed by atoms with Crippen molar-refractivity contribution < 1.29 is 9.50 Å². The summed E-state index contributed by atoms with van der Waals surface area (Å²) in [4.78, 5) is 0. The predicted molar refractivity (Wildman–Crippen MR) is 36.1 cm³/mol. The van der Waals surface area contributed by atoms with Crippen LogP contribution in [-0.4, -0.2) is 0 Å². The topological polar surface area (TPSA) is 19.9 Å². The van der Waals surface area contributed by atoms with Gasteiger partial charge in [0, 0.05) is 5.56 Å². The zero-order chi connectivity index (χ0) is 7.56. The molecule has 0 bridgehead atoms. The van der Waals surface area contributed by atoms with Gasteiger partial charge in [-0.15, -0.1) is 0 Å². The fraction of sp³-hybridized carbons (Fsp3) is 0. The quantitative estimate of drug-likeness (QED) is 0.529. The van der Waals surface area contributed by atoms with E-state index in [1.807, 2.05) is 0 Å². The summed E-state index contributed by atoms with van der Waals surface area (Å²) in [5.41, 5.74) is 0.432. The van der Waals surface area contributed by atoms with E-state index in [1.54, 1.807) is 0 Å². The van der Waals surface area contributed by atoms with Crippen LogP contribution in [-0.2, 0) is 5.11 Å². The average molecular weight is 137 g/mol. The Hall–Kier alpha value is -1.31. The van der Waals surface area contributed by atoms with Crippen LogP contribution >= 0.6 is 0 Å². The van der Waals surface area contributed by atoms with Gasteiger partial charge in [0.05, 0.1) is 0 Å². The maximum Gasteiger partial charge on any atom is 0.178 e. The summed E-state index contributed by atoms with van der Waals surface area (Å²) in [6.07, 6.45) is 0. The SMILES string of the molecule is C=C([O])c1ccc(F)cc1. The van der Waals surface area contributed by atoms with Crippen LogP contribution in [0.25, 0.3) is 5.76 Å². The molecule has 0 atom stereocenters. The van der Waals surface area contributed by atoms with E-state index in [9.17, 15) is 9.50 Å². The molecular formula is C8H6FO. The molecule has 51 valence electrons. The van der Waals surface area contributed by atoms with Gasteiger partial charge < -0.3 is 0 Å². The van der Waals surface area contributed by atoms with E-state index in [0.717, 1.165) is 0 Å². The Morgan fingerprint density at radius 2 is 1.80 bits per heavy atom. The normalized spacial score (nSPS) is 9.30. The standard InChI is InChI=1S/C8H6FO/c1-6(10)7-2-4-8(9)5-3-7/h2-5H,1H2. The molecule has 0 heterocycles. The van der Waals surface area contributed by atoms with Gasteiger partial charge in [0.2, 0.25) is 0 Å². The highest BCUT2D eigenvalue weighted by atomic mass is 19.1. The van der Waals surface area contributed by atoms with Gasteiger partial charge in [0.25, 0.3) is 0 Å². The van der Waals surface area contributed by atoms with Crippen molar-refractivity contribution in [1.29, 1.82) is 0 Å². The van der Waals surface area contributed by atoms with Crippen molar-refractivity contribution >= 4 is 5.76 Å². The first kappa shape index (κ1) is 6.81. The van der Waals surface area contributed by atoms with Gasteiger partial charge >= 0.3 is 0 Å². The lowest BCUT2D eigenvalue weighted by Gasteiger charge is -1.92. The van der Waals surface area contributed by atoms with Crippen molar-refractivity contribution in [2.75, 3.05) is 0 Å². The molecule has 0 fully saturated rings. The third-order valence-corrected chi connectivity index (χ3v) is 1.17. The minimum absolute atomic E-state index is 0.292. The van der Waals surface area contributed by atoms with E-state index in [0.29, 0.717) is 5.56 Å². The molecule has 0 aliphatic rings. The van der Waals surface area contributed by atoms with Crippen LogP contribution in [0.5, 0.6) is 0 Å². The Bertz CT molecular complexity index is 238. The van der Waals surface area contributed by atoms with E-state index >= 15 is 0 Å². The number of rotatable bonds is 1. The van der Waals surface area contributed by atoms with Crippen LogP contribution in [0, 0.1) is 5.82 Å². The lowest BCUT2D eigenvalue weighted by atomic mass is 10.2. The first-order valence-electron chi connectivity index (χ1n) is 2.82. The minimum atomic E-state index is -0.343. The summed E-state index contributed by atoms with van der Waals surface area (Å²) >= 11 is 0. The molecule has 1 nitrogen and oxygen atoms in total. The van der Waals surface area contributed by atoms with E-state index in [1.165, 1.54) is 24.3 Å². The maximum atomic E-state index is 12.2. The number of halogens is 1. The van der Waals surface area contributed by atoms with E-state index in [-0.39, 0.29) is 11.6 Å².